The predicted octanol–water partition coefficient (Wildman–Crippen LogP) is 16.4. The van der Waals surface area contributed by atoms with Crippen molar-refractivity contribution in [2.24, 2.45) is 23.2 Å². The van der Waals surface area contributed by atoms with E-state index in [1.54, 1.807) is 12.1 Å². The summed E-state index contributed by atoms with van der Waals surface area (Å²) >= 11 is 0. The van der Waals surface area contributed by atoms with E-state index < -0.39 is 121 Å². The number of unbranched alkanes of at least 4 members (excludes halogenated alkanes) is 1. The van der Waals surface area contributed by atoms with Crippen molar-refractivity contribution >= 4 is 128 Å². The Kier molecular flexibility index (Phi) is 49.6. The molecule has 2 fully saturated rings. The number of nitrogens with zero attached hydrogens (tertiary/aromatic N) is 1. The van der Waals surface area contributed by atoms with Crippen LogP contribution in [0.5, 0.6) is 0 Å². The first-order valence-corrected chi connectivity index (χ1v) is 71.9. The van der Waals surface area contributed by atoms with Crippen molar-refractivity contribution in [2.75, 3.05) is 46.2 Å². The van der Waals surface area contributed by atoms with Crippen molar-refractivity contribution < 1.29 is 162 Å². The van der Waals surface area contributed by atoms with Crippen LogP contribution in [0.15, 0.2) is 24.3 Å². The van der Waals surface area contributed by atoms with Gasteiger partial charge in [-0.3, -0.25) is 14.4 Å². The van der Waals surface area contributed by atoms with Gasteiger partial charge in [-0.15, -0.1) is 0 Å². The molecule has 23 nitrogen and oxygen atoms in total. The monoisotopic (exact) mass is 1790 g/mol. The third-order valence-electron chi connectivity index (χ3n) is 17.2. The maximum atomic E-state index is 12.4. The van der Waals surface area contributed by atoms with Crippen molar-refractivity contribution in [3.63, 3.8) is 0 Å². The molecule has 1 saturated heterocycles. The molecule has 0 aromatic heterocycles. The van der Waals surface area contributed by atoms with Crippen molar-refractivity contribution in [1.29, 1.82) is 0 Å². The van der Waals surface area contributed by atoms with E-state index in [0.717, 1.165) is 69.0 Å². The molecule has 2 aliphatic rings. The van der Waals surface area contributed by atoms with Gasteiger partial charge in [0.25, 0.3) is 0 Å². The minimum absolute atomic E-state index is 0. The Hall–Kier alpha value is 0.342. The van der Waals surface area contributed by atoms with E-state index in [1.165, 1.54) is 25.0 Å². The van der Waals surface area contributed by atoms with Gasteiger partial charge < -0.3 is 79.1 Å². The number of hydrogen-bond acceptors (Lipinski definition) is 22. The smallest absolute Gasteiger partial charge is 0.534 e. The van der Waals surface area contributed by atoms with Crippen LogP contribution in [0, 0.1) is 23.2 Å². The second-order valence-corrected chi connectivity index (χ2v) is 77.1. The van der Waals surface area contributed by atoms with Gasteiger partial charge in [-0.25, -0.2) is 8.42 Å². The number of esters is 3. The summed E-state index contributed by atoms with van der Waals surface area (Å²) < 4.78 is 160. The summed E-state index contributed by atoms with van der Waals surface area (Å²) in [5, 5.41) is 0. The average molecular weight is 1790 g/mol. The fraction of sp³-hybridized carbons (Fsp3) is 0.857. The van der Waals surface area contributed by atoms with Crippen LogP contribution in [0.25, 0.3) is 4.72 Å². The van der Waals surface area contributed by atoms with Crippen LogP contribution in [0.4, 0.5) is 13.2 Å². The third-order valence-corrected chi connectivity index (χ3v) is 61.1. The fourth-order valence-corrected chi connectivity index (χ4v) is 69.2. The topological polar surface area (TPSA) is 267 Å². The van der Waals surface area contributed by atoms with Gasteiger partial charge in [0.15, 0.2) is 26.7 Å². The molecule has 6 unspecified atom stereocenters. The SMILES string of the molecule is CCC(C)C(=O)OCC1CCC2OC2C1.CCC(C)c1ccc(C(=O)[N-]S(=O)(=O)C(F)(F)F)cc1.CCCC[Si](C)(C)O[Si](C)(C)O[Si](C)(C)O[Si](C)(C)O[Si](C)(C)O[Si](C)(C)O[Si](C)(C)O[Si](C)(C)O[Si](C)(C)O[Si](C)(C)O[Si](C)(C)CCCOC(=O)C(C)(C)CC.CCOCCOCCOC(=O)C(C)CC.[K+]. The van der Waals surface area contributed by atoms with E-state index in [0.29, 0.717) is 64.4 Å². The van der Waals surface area contributed by atoms with Gasteiger partial charge in [0.2, 0.25) is 0 Å². The minimum atomic E-state index is -5.80. The summed E-state index contributed by atoms with van der Waals surface area (Å²) in [7, 11) is -33.6. The number of alkyl halides is 3. The second kappa shape index (κ2) is 48.6. The summed E-state index contributed by atoms with van der Waals surface area (Å²) in [5.74, 6) is -0.986. The van der Waals surface area contributed by atoms with Gasteiger partial charge in [0, 0.05) is 6.61 Å². The summed E-state index contributed by atoms with van der Waals surface area (Å²) in [6, 6.07) is 7.67. The Morgan fingerprint density at radius 1 is 0.495 bits per heavy atom. The molecule has 1 saturated carbocycles. The molecule has 1 amide bonds. The predicted molar refractivity (Wildman–Crippen MR) is 449 cm³/mol. The quantitative estimate of drug-likeness (QED) is 0.0193. The second-order valence-electron chi connectivity index (χ2n) is 34.1. The Morgan fingerprint density at radius 3 is 1.23 bits per heavy atom. The molecule has 39 heteroatoms. The molecular weight excluding hydrogens is 1640 g/mol. The molecule has 636 valence electrons. The van der Waals surface area contributed by atoms with E-state index in [-0.39, 0.29) is 92.6 Å². The van der Waals surface area contributed by atoms with Crippen molar-refractivity contribution in [3.8, 4) is 0 Å². The summed E-state index contributed by atoms with van der Waals surface area (Å²) in [6.07, 6.45) is 10.8. The van der Waals surface area contributed by atoms with Crippen LogP contribution >= 0.6 is 0 Å². The van der Waals surface area contributed by atoms with E-state index in [4.69, 9.17) is 69.6 Å². The Bertz CT molecular complexity index is 2960. The zero-order valence-corrected chi connectivity index (χ0v) is 88.6. The van der Waals surface area contributed by atoms with Gasteiger partial charge in [-0.2, -0.15) is 13.2 Å². The first kappa shape index (κ1) is 111. The van der Waals surface area contributed by atoms with Gasteiger partial charge in [-0.1, -0.05) is 92.5 Å². The molecule has 6 atom stereocenters. The van der Waals surface area contributed by atoms with Gasteiger partial charge in [0.1, 0.15) is 6.61 Å². The van der Waals surface area contributed by atoms with E-state index >= 15 is 0 Å². The largest absolute Gasteiger partial charge is 1.00 e. The van der Waals surface area contributed by atoms with Gasteiger partial charge >= 0.3 is 152 Å². The molecule has 1 aromatic rings. The molecule has 0 spiro atoms. The Morgan fingerprint density at radius 2 is 0.872 bits per heavy atom. The van der Waals surface area contributed by atoms with Crippen LogP contribution in [0.2, 0.25) is 156 Å². The molecular formula is C70H147F3KNO22SSi11. The van der Waals surface area contributed by atoms with Crippen molar-refractivity contribution in [1.82, 2.24) is 0 Å². The van der Waals surface area contributed by atoms with Crippen LogP contribution in [-0.4, -0.2) is 190 Å². The number of fused-ring (bicyclic) bond motifs is 1. The molecule has 1 heterocycles. The van der Waals surface area contributed by atoms with Crippen LogP contribution in [0.1, 0.15) is 162 Å². The number of amides is 1. The standard InChI is InChI=1S/C35H92O12Si11.C12H14F3NO3S.C12H20O3.C11H22O4.K/c1-27-29-32-48(5,6)38-50(9,10)40-52(13,14)42-54(17,18)44-56(21,22)46-58(25,26)47-57(23,24)45-55(19,20)43-53(15,16)41-51(11,12)39-49(7,8)33-30-31-37-34(36)35(3,4)28-2;1-3-8(2)9-4-6-10(7-5-9)11(17)16-20(18,19)12(13,14)15;1-3-8(2)12(13)14-7-9-4-5-10-11(6-9)15-10;1-4-10(3)11(12)15-9-8-14-7-6-13-5-2;/h27-33H2,1-26H3;4-8H,3H2,1-2H3,(H,16,17);8-11H,3-7H2,1-2H3;10H,4-9H2,1-3H3;/q;;;;+1/p-1. The van der Waals surface area contributed by atoms with Crippen LogP contribution in [-0.2, 0) is 94.0 Å². The zero-order chi connectivity index (χ0) is 84.2. The first-order valence-electron chi connectivity index (χ1n) is 38.8. The molecule has 1 aliphatic heterocycles. The summed E-state index contributed by atoms with van der Waals surface area (Å²) in [6.45, 7) is 71.9. The third kappa shape index (κ3) is 49.5. The molecule has 0 bridgehead atoms. The number of rotatable bonds is 46. The number of epoxide rings is 1. The number of halogens is 3. The molecule has 0 radical (unpaired) electrons. The van der Waals surface area contributed by atoms with E-state index in [1.807, 2.05) is 69.2 Å². The van der Waals surface area contributed by atoms with Crippen molar-refractivity contribution in [3.05, 3.63) is 40.1 Å². The minimum Gasteiger partial charge on any atom is -0.534 e. The van der Waals surface area contributed by atoms with E-state index in [9.17, 15) is 40.8 Å². The molecule has 3 rings (SSSR count). The summed E-state index contributed by atoms with van der Waals surface area (Å²) in [4.78, 5) is 46.5. The number of carbonyl (C=O) groups is 4. The number of sulfonamides is 1. The zero-order valence-electron chi connectivity index (χ0n) is 73.7. The number of carbonyl (C=O) groups excluding carboxylic acids is 4. The normalized spacial score (nSPS) is 17.3. The van der Waals surface area contributed by atoms with E-state index in [2.05, 4.69) is 156 Å². The number of ether oxygens (including phenoxy) is 6. The number of benzene rings is 1. The van der Waals surface area contributed by atoms with Gasteiger partial charge in [-0.05, 0) is 251 Å². The molecule has 1 aromatic carbocycles. The van der Waals surface area contributed by atoms with Crippen molar-refractivity contribution in [2.45, 2.75) is 320 Å². The summed E-state index contributed by atoms with van der Waals surface area (Å²) in [5.41, 5.74) is -5.33. The maximum absolute atomic E-state index is 12.4. The number of hydrogen-bond donors (Lipinski definition) is 0. The maximum Gasteiger partial charge on any atom is 1.00 e. The Labute approximate surface area is 712 Å². The molecule has 0 N–H and O–H groups in total. The first-order chi connectivity index (χ1) is 48.8. The van der Waals surface area contributed by atoms with Crippen LogP contribution < -0.4 is 51.4 Å². The molecule has 1 aliphatic carbocycles. The molecule has 109 heavy (non-hydrogen) atoms. The average Bonchev–Trinajstić information content (AvgIpc) is 1.14. The Balaban J connectivity index is 0. The van der Waals surface area contributed by atoms with Crippen LogP contribution in [0.3, 0.4) is 0 Å². The fourth-order valence-electron chi connectivity index (χ4n) is 12.4. The van der Waals surface area contributed by atoms with Gasteiger partial charge in [0.05, 0.1) is 68.4 Å².